The summed E-state index contributed by atoms with van der Waals surface area (Å²) in [5, 5.41) is 4.03. The predicted molar refractivity (Wildman–Crippen MR) is 77.5 cm³/mol. The molecule has 1 aromatic heterocycles. The fourth-order valence-electron chi connectivity index (χ4n) is 2.06. The van der Waals surface area contributed by atoms with Crippen LogP contribution in [-0.4, -0.2) is 17.3 Å². The van der Waals surface area contributed by atoms with Crippen LogP contribution in [-0.2, 0) is 5.54 Å². The summed E-state index contributed by atoms with van der Waals surface area (Å²) in [7, 11) is 1.64. The van der Waals surface area contributed by atoms with Gasteiger partial charge in [-0.25, -0.2) is 0 Å². The number of hydrogen-bond acceptors (Lipinski definition) is 5. The van der Waals surface area contributed by atoms with Crippen LogP contribution in [0.4, 0.5) is 0 Å². The molecule has 5 nitrogen and oxygen atoms in total. The third kappa shape index (κ3) is 2.54. The highest BCUT2D eigenvalue weighted by Crippen LogP contribution is 2.28. The summed E-state index contributed by atoms with van der Waals surface area (Å²) in [4.78, 5) is 4.44. The van der Waals surface area contributed by atoms with Crippen LogP contribution in [0.1, 0.15) is 38.1 Å². The largest absolute Gasteiger partial charge is 0.496 e. The van der Waals surface area contributed by atoms with Crippen molar-refractivity contribution in [2.24, 2.45) is 5.73 Å². The van der Waals surface area contributed by atoms with Crippen molar-refractivity contribution in [2.75, 3.05) is 7.11 Å². The minimum absolute atomic E-state index is 0.468. The fraction of sp³-hybridized carbons (Fsp3) is 0.467. The molecule has 1 heterocycles. The molecule has 0 spiro atoms. The van der Waals surface area contributed by atoms with Gasteiger partial charge in [0.05, 0.1) is 12.6 Å². The molecule has 0 aliphatic carbocycles. The van der Waals surface area contributed by atoms with Gasteiger partial charge in [-0.1, -0.05) is 25.1 Å². The fourth-order valence-corrected chi connectivity index (χ4v) is 2.06. The van der Waals surface area contributed by atoms with Crippen LogP contribution in [0.2, 0.25) is 0 Å². The van der Waals surface area contributed by atoms with Crippen LogP contribution in [0, 0.1) is 6.92 Å². The highest BCUT2D eigenvalue weighted by molar-refractivity contribution is 5.57. The summed E-state index contributed by atoms with van der Waals surface area (Å²) in [5.74, 6) is 1.82. The van der Waals surface area contributed by atoms with Gasteiger partial charge < -0.3 is 15.0 Å². The van der Waals surface area contributed by atoms with Gasteiger partial charge in [-0.2, -0.15) is 4.98 Å². The maximum atomic E-state index is 6.28. The van der Waals surface area contributed by atoms with Crippen molar-refractivity contribution in [2.45, 2.75) is 39.2 Å². The zero-order valence-electron chi connectivity index (χ0n) is 12.4. The van der Waals surface area contributed by atoms with E-state index < -0.39 is 5.54 Å². The third-order valence-electron chi connectivity index (χ3n) is 3.79. The quantitative estimate of drug-likeness (QED) is 0.907. The maximum absolute atomic E-state index is 6.28. The summed E-state index contributed by atoms with van der Waals surface area (Å²) in [6.07, 6.45) is 1.53. The molecule has 2 N–H and O–H groups in total. The van der Waals surface area contributed by atoms with E-state index in [4.69, 9.17) is 15.0 Å². The van der Waals surface area contributed by atoms with E-state index in [-0.39, 0.29) is 0 Å². The number of ether oxygens (including phenoxy) is 1. The van der Waals surface area contributed by atoms with Gasteiger partial charge in [0.15, 0.2) is 5.82 Å². The van der Waals surface area contributed by atoms with E-state index in [0.29, 0.717) is 11.7 Å². The van der Waals surface area contributed by atoms with Crippen LogP contribution in [0.5, 0.6) is 5.75 Å². The summed E-state index contributed by atoms with van der Waals surface area (Å²) >= 11 is 0. The molecule has 2 rings (SSSR count). The number of aryl methyl sites for hydroxylation is 1. The summed E-state index contributed by atoms with van der Waals surface area (Å²) in [5.41, 5.74) is 7.64. The zero-order valence-corrected chi connectivity index (χ0v) is 12.4. The summed E-state index contributed by atoms with van der Waals surface area (Å²) in [6, 6.07) is 5.79. The number of benzene rings is 1. The maximum Gasteiger partial charge on any atom is 0.258 e. The first-order valence-corrected chi connectivity index (χ1v) is 6.82. The molecule has 0 aliphatic heterocycles. The zero-order chi connectivity index (χ0) is 14.8. The minimum Gasteiger partial charge on any atom is -0.496 e. The van der Waals surface area contributed by atoms with Gasteiger partial charge in [0, 0.05) is 5.56 Å². The molecule has 0 saturated heterocycles. The van der Waals surface area contributed by atoms with Crippen molar-refractivity contribution in [1.82, 2.24) is 10.1 Å². The number of nitrogens with zero attached hydrogens (tertiary/aromatic N) is 2. The smallest absolute Gasteiger partial charge is 0.258 e. The molecular weight excluding hydrogens is 254 g/mol. The first kappa shape index (κ1) is 14.5. The number of methoxy groups -OCH3 is 1. The van der Waals surface area contributed by atoms with E-state index in [9.17, 15) is 0 Å². The highest BCUT2D eigenvalue weighted by atomic mass is 16.5. The Labute approximate surface area is 119 Å². The Balaban J connectivity index is 2.38. The molecule has 1 aromatic carbocycles. The second kappa shape index (κ2) is 5.63. The predicted octanol–water partition coefficient (Wildman–Crippen LogP) is 3.03. The standard InChI is InChI=1S/C15H21N3O2/c1-5-15(16,6-2)14-17-13(20-18-14)11-8-7-10(3)12(9-11)19-4/h7-9H,5-6,16H2,1-4H3. The summed E-state index contributed by atoms with van der Waals surface area (Å²) < 4.78 is 10.7. The summed E-state index contributed by atoms with van der Waals surface area (Å²) in [6.45, 7) is 6.03. The average Bonchev–Trinajstić information content (AvgIpc) is 2.97. The van der Waals surface area contributed by atoms with E-state index >= 15 is 0 Å². The van der Waals surface area contributed by atoms with E-state index in [1.165, 1.54) is 0 Å². The van der Waals surface area contributed by atoms with E-state index in [0.717, 1.165) is 29.7 Å². The van der Waals surface area contributed by atoms with E-state index in [1.54, 1.807) is 7.11 Å². The highest BCUT2D eigenvalue weighted by Gasteiger charge is 2.29. The van der Waals surface area contributed by atoms with Crippen molar-refractivity contribution in [1.29, 1.82) is 0 Å². The molecule has 0 amide bonds. The lowest BCUT2D eigenvalue weighted by Gasteiger charge is -2.21. The number of aromatic nitrogens is 2. The molecule has 0 saturated carbocycles. The topological polar surface area (TPSA) is 74.2 Å². The van der Waals surface area contributed by atoms with E-state index in [2.05, 4.69) is 10.1 Å². The Hall–Kier alpha value is -1.88. The number of nitrogens with two attached hydrogens (primary N) is 1. The lowest BCUT2D eigenvalue weighted by molar-refractivity contribution is 0.350. The lowest BCUT2D eigenvalue weighted by atomic mass is 9.93. The van der Waals surface area contributed by atoms with Crippen molar-refractivity contribution < 1.29 is 9.26 Å². The first-order valence-electron chi connectivity index (χ1n) is 6.82. The molecule has 5 heteroatoms. The van der Waals surface area contributed by atoms with Crippen LogP contribution >= 0.6 is 0 Å². The van der Waals surface area contributed by atoms with Gasteiger partial charge in [-0.15, -0.1) is 0 Å². The van der Waals surface area contributed by atoms with Gasteiger partial charge in [0.25, 0.3) is 5.89 Å². The van der Waals surface area contributed by atoms with Gasteiger partial charge in [-0.3, -0.25) is 0 Å². The lowest BCUT2D eigenvalue weighted by Crippen LogP contribution is -2.36. The molecule has 2 aromatic rings. The third-order valence-corrected chi connectivity index (χ3v) is 3.79. The SMILES string of the molecule is CCC(N)(CC)c1noc(-c2ccc(C)c(OC)c2)n1. The monoisotopic (exact) mass is 275 g/mol. The van der Waals surface area contributed by atoms with Gasteiger partial charge >= 0.3 is 0 Å². The molecule has 0 radical (unpaired) electrons. The molecule has 0 bridgehead atoms. The molecule has 0 unspecified atom stereocenters. The Morgan fingerprint density at radius 2 is 2.00 bits per heavy atom. The van der Waals surface area contributed by atoms with Crippen molar-refractivity contribution in [3.05, 3.63) is 29.6 Å². The van der Waals surface area contributed by atoms with Gasteiger partial charge in [0.1, 0.15) is 5.75 Å². The average molecular weight is 275 g/mol. The van der Waals surface area contributed by atoms with Crippen molar-refractivity contribution in [3.63, 3.8) is 0 Å². The molecular formula is C15H21N3O2. The van der Waals surface area contributed by atoms with E-state index in [1.807, 2.05) is 39.0 Å². The Kier molecular flexibility index (Phi) is 4.09. The van der Waals surface area contributed by atoms with Crippen molar-refractivity contribution in [3.8, 4) is 17.2 Å². The molecule has 108 valence electrons. The van der Waals surface area contributed by atoms with Gasteiger partial charge in [-0.05, 0) is 37.5 Å². The molecule has 0 fully saturated rings. The number of rotatable bonds is 5. The normalized spacial score (nSPS) is 11.7. The molecule has 20 heavy (non-hydrogen) atoms. The Bertz CT molecular complexity index is 589. The van der Waals surface area contributed by atoms with Crippen LogP contribution in [0.15, 0.2) is 22.7 Å². The van der Waals surface area contributed by atoms with Gasteiger partial charge in [0.2, 0.25) is 0 Å². The first-order chi connectivity index (χ1) is 9.54. The Morgan fingerprint density at radius 1 is 1.30 bits per heavy atom. The Morgan fingerprint density at radius 3 is 2.60 bits per heavy atom. The number of hydrogen-bond donors (Lipinski definition) is 1. The second-order valence-corrected chi connectivity index (χ2v) is 4.97. The van der Waals surface area contributed by atoms with Crippen LogP contribution in [0.3, 0.4) is 0 Å². The molecule has 0 aliphatic rings. The van der Waals surface area contributed by atoms with Crippen molar-refractivity contribution >= 4 is 0 Å². The molecule has 0 atom stereocenters. The second-order valence-electron chi connectivity index (χ2n) is 4.97. The van der Waals surface area contributed by atoms with Crippen LogP contribution < -0.4 is 10.5 Å². The van der Waals surface area contributed by atoms with Crippen LogP contribution in [0.25, 0.3) is 11.5 Å². The minimum atomic E-state index is -0.531.